The standard InChI is InChI=1S/C21H25ClN4O3S/c1-3-16-23-21-26(24-16)19(27)18(30-21)17(13-7-5-9-15(22)11-13)25-10-6-8-14(12-25)20(28)29-4-2/h5,7,9,11,14,17,27H,3-4,6,8,10,12H2,1-2H3/t14-,17+/m0/s1. The van der Waals surface area contributed by atoms with E-state index in [1.807, 2.05) is 38.1 Å². The molecule has 0 bridgehead atoms. The zero-order chi connectivity index (χ0) is 21.3. The molecule has 7 nitrogen and oxygen atoms in total. The van der Waals surface area contributed by atoms with Gasteiger partial charge in [-0.05, 0) is 44.0 Å². The fourth-order valence-electron chi connectivity index (χ4n) is 4.02. The average molecular weight is 449 g/mol. The summed E-state index contributed by atoms with van der Waals surface area (Å²) in [7, 11) is 0. The molecule has 0 saturated carbocycles. The average Bonchev–Trinajstić information content (AvgIpc) is 3.28. The van der Waals surface area contributed by atoms with Gasteiger partial charge in [0.15, 0.2) is 5.82 Å². The summed E-state index contributed by atoms with van der Waals surface area (Å²) in [5.41, 5.74) is 0.961. The van der Waals surface area contributed by atoms with E-state index in [4.69, 9.17) is 16.3 Å². The molecule has 3 aromatic rings. The van der Waals surface area contributed by atoms with Gasteiger partial charge in [0, 0.05) is 18.0 Å². The summed E-state index contributed by atoms with van der Waals surface area (Å²) in [6, 6.07) is 7.39. The number of carbonyl (C=O) groups is 1. The maximum absolute atomic E-state index is 12.4. The predicted molar refractivity (Wildman–Crippen MR) is 116 cm³/mol. The van der Waals surface area contributed by atoms with Crippen molar-refractivity contribution >= 4 is 33.9 Å². The van der Waals surface area contributed by atoms with Crippen LogP contribution >= 0.6 is 22.9 Å². The van der Waals surface area contributed by atoms with Gasteiger partial charge in [-0.15, -0.1) is 5.10 Å². The first-order chi connectivity index (χ1) is 14.5. The number of fused-ring (bicyclic) bond motifs is 1. The van der Waals surface area contributed by atoms with Crippen LogP contribution in [-0.2, 0) is 16.0 Å². The van der Waals surface area contributed by atoms with Crippen LogP contribution in [0.4, 0.5) is 0 Å². The van der Waals surface area contributed by atoms with Crippen molar-refractivity contribution in [1.82, 2.24) is 19.5 Å². The van der Waals surface area contributed by atoms with Crippen molar-refractivity contribution in [2.75, 3.05) is 19.7 Å². The summed E-state index contributed by atoms with van der Waals surface area (Å²) < 4.78 is 6.77. The monoisotopic (exact) mass is 448 g/mol. The third-order valence-electron chi connectivity index (χ3n) is 5.41. The van der Waals surface area contributed by atoms with Gasteiger partial charge in [-0.25, -0.2) is 4.98 Å². The molecule has 9 heteroatoms. The van der Waals surface area contributed by atoms with Crippen LogP contribution in [0.5, 0.6) is 5.88 Å². The van der Waals surface area contributed by atoms with Crippen LogP contribution in [0.1, 0.15) is 49.0 Å². The number of carbonyl (C=O) groups excluding carboxylic acids is 1. The van der Waals surface area contributed by atoms with Gasteiger partial charge in [0.05, 0.1) is 23.4 Å². The Morgan fingerprint density at radius 3 is 2.97 bits per heavy atom. The zero-order valence-corrected chi connectivity index (χ0v) is 18.6. The Hall–Kier alpha value is -2.16. The van der Waals surface area contributed by atoms with Gasteiger partial charge in [-0.2, -0.15) is 4.52 Å². The molecule has 0 amide bonds. The normalized spacial score (nSPS) is 18.6. The molecule has 3 heterocycles. The number of nitrogens with zero attached hydrogens (tertiary/aromatic N) is 4. The molecule has 1 saturated heterocycles. The first-order valence-corrected chi connectivity index (χ1v) is 11.4. The Balaban J connectivity index is 1.75. The van der Waals surface area contributed by atoms with Crippen LogP contribution < -0.4 is 0 Å². The Morgan fingerprint density at radius 2 is 2.27 bits per heavy atom. The molecule has 4 rings (SSSR count). The summed E-state index contributed by atoms with van der Waals surface area (Å²) in [6.07, 6.45) is 2.38. The number of rotatable bonds is 6. The number of esters is 1. The molecule has 1 N–H and O–H groups in total. The van der Waals surface area contributed by atoms with E-state index in [2.05, 4.69) is 15.0 Å². The molecule has 0 unspecified atom stereocenters. The molecule has 2 aromatic heterocycles. The quantitative estimate of drug-likeness (QED) is 0.572. The van der Waals surface area contributed by atoms with E-state index >= 15 is 0 Å². The largest absolute Gasteiger partial charge is 0.492 e. The highest BCUT2D eigenvalue weighted by Crippen LogP contribution is 2.42. The molecule has 2 atom stereocenters. The minimum Gasteiger partial charge on any atom is -0.492 e. The number of halogens is 1. The second-order valence-corrected chi connectivity index (χ2v) is 8.86. The molecule has 160 valence electrons. The highest BCUT2D eigenvalue weighted by Gasteiger charge is 2.35. The summed E-state index contributed by atoms with van der Waals surface area (Å²) in [5, 5.41) is 16.0. The number of hydrogen-bond acceptors (Lipinski definition) is 7. The van der Waals surface area contributed by atoms with Crippen LogP contribution in [0.15, 0.2) is 24.3 Å². The molecule has 0 radical (unpaired) electrons. The predicted octanol–water partition coefficient (Wildman–Crippen LogP) is 4.08. The van der Waals surface area contributed by atoms with Gasteiger partial charge in [0.2, 0.25) is 10.8 Å². The lowest BCUT2D eigenvalue weighted by Crippen LogP contribution is -2.41. The number of piperidine rings is 1. The lowest BCUT2D eigenvalue weighted by molar-refractivity contribution is -0.150. The first kappa shape index (κ1) is 21.1. The summed E-state index contributed by atoms with van der Waals surface area (Å²) in [6.45, 7) is 5.55. The van der Waals surface area contributed by atoms with Crippen molar-refractivity contribution in [3.63, 3.8) is 0 Å². The number of aryl methyl sites for hydroxylation is 1. The number of ether oxygens (including phenoxy) is 1. The number of thiazole rings is 1. The van der Waals surface area contributed by atoms with E-state index in [1.54, 1.807) is 0 Å². The maximum Gasteiger partial charge on any atom is 0.310 e. The Bertz CT molecular complexity index is 1050. The Morgan fingerprint density at radius 1 is 1.43 bits per heavy atom. The van der Waals surface area contributed by atoms with E-state index in [9.17, 15) is 9.90 Å². The molecule has 1 aliphatic heterocycles. The second-order valence-electron chi connectivity index (χ2n) is 7.41. The summed E-state index contributed by atoms with van der Waals surface area (Å²) in [5.74, 6) is 0.441. The first-order valence-electron chi connectivity index (χ1n) is 10.2. The van der Waals surface area contributed by atoms with Crippen molar-refractivity contribution in [2.24, 2.45) is 5.92 Å². The van der Waals surface area contributed by atoms with E-state index in [0.717, 1.165) is 29.8 Å². The van der Waals surface area contributed by atoms with Gasteiger partial charge in [0.25, 0.3) is 0 Å². The van der Waals surface area contributed by atoms with E-state index < -0.39 is 0 Å². The van der Waals surface area contributed by atoms with Crippen molar-refractivity contribution in [3.8, 4) is 5.88 Å². The van der Waals surface area contributed by atoms with Crippen molar-refractivity contribution in [3.05, 3.63) is 45.6 Å². The summed E-state index contributed by atoms with van der Waals surface area (Å²) in [4.78, 5) is 20.5. The minimum absolute atomic E-state index is 0.0884. The van der Waals surface area contributed by atoms with E-state index in [-0.39, 0.29) is 23.8 Å². The smallest absolute Gasteiger partial charge is 0.310 e. The third kappa shape index (κ3) is 4.04. The molecule has 1 aromatic carbocycles. The lowest BCUT2D eigenvalue weighted by atomic mass is 9.94. The highest BCUT2D eigenvalue weighted by atomic mass is 35.5. The van der Waals surface area contributed by atoms with Crippen molar-refractivity contribution < 1.29 is 14.6 Å². The number of likely N-dealkylation sites (tertiary alicyclic amines) is 1. The summed E-state index contributed by atoms with van der Waals surface area (Å²) >= 11 is 7.71. The van der Waals surface area contributed by atoms with Crippen LogP contribution in [0.3, 0.4) is 0 Å². The topological polar surface area (TPSA) is 80.0 Å². The lowest BCUT2D eigenvalue weighted by Gasteiger charge is -2.37. The zero-order valence-electron chi connectivity index (χ0n) is 17.0. The van der Waals surface area contributed by atoms with Crippen LogP contribution in [0, 0.1) is 5.92 Å². The molecular formula is C21H25ClN4O3S. The number of benzene rings is 1. The van der Waals surface area contributed by atoms with E-state index in [0.29, 0.717) is 35.4 Å². The van der Waals surface area contributed by atoms with E-state index in [1.165, 1.54) is 15.9 Å². The highest BCUT2D eigenvalue weighted by molar-refractivity contribution is 7.17. The van der Waals surface area contributed by atoms with Gasteiger partial charge in [0.1, 0.15) is 0 Å². The molecule has 0 aliphatic carbocycles. The fraction of sp³-hybridized carbons (Fsp3) is 0.476. The Labute approximate surface area is 184 Å². The third-order valence-corrected chi connectivity index (χ3v) is 6.72. The number of aromatic nitrogens is 3. The molecule has 1 aliphatic rings. The van der Waals surface area contributed by atoms with Crippen molar-refractivity contribution in [1.29, 1.82) is 0 Å². The van der Waals surface area contributed by atoms with Crippen LogP contribution in [-0.4, -0.2) is 50.3 Å². The van der Waals surface area contributed by atoms with Crippen molar-refractivity contribution in [2.45, 2.75) is 39.2 Å². The fourth-order valence-corrected chi connectivity index (χ4v) is 5.35. The molecule has 0 spiro atoms. The Kier molecular flexibility index (Phi) is 6.26. The maximum atomic E-state index is 12.4. The number of aromatic hydroxyl groups is 1. The molecular weight excluding hydrogens is 424 g/mol. The van der Waals surface area contributed by atoms with Crippen LogP contribution in [0.2, 0.25) is 5.02 Å². The SMILES string of the molecule is CCOC(=O)[C@H]1CCCN([C@H](c2cccc(Cl)c2)c2sc3nc(CC)nn3c2O)C1. The van der Waals surface area contributed by atoms with Gasteiger partial charge in [-0.3, -0.25) is 9.69 Å². The van der Waals surface area contributed by atoms with Gasteiger partial charge >= 0.3 is 5.97 Å². The molecule has 30 heavy (non-hydrogen) atoms. The molecule has 1 fully saturated rings. The van der Waals surface area contributed by atoms with Crippen LogP contribution in [0.25, 0.3) is 4.96 Å². The van der Waals surface area contributed by atoms with Gasteiger partial charge in [-0.1, -0.05) is 42.0 Å². The minimum atomic E-state index is -0.250. The second kappa shape index (κ2) is 8.91. The number of hydrogen-bond donors (Lipinski definition) is 1. The van der Waals surface area contributed by atoms with Gasteiger partial charge < -0.3 is 9.84 Å².